The van der Waals surface area contributed by atoms with Gasteiger partial charge in [-0.05, 0) is 17.7 Å². The van der Waals surface area contributed by atoms with Crippen LogP contribution < -0.4 is 14.9 Å². The third kappa shape index (κ3) is 2.66. The van der Waals surface area contributed by atoms with Gasteiger partial charge < -0.3 is 14.9 Å². The fourth-order valence-corrected chi connectivity index (χ4v) is 1.46. The van der Waals surface area contributed by atoms with Crippen molar-refractivity contribution in [2.75, 3.05) is 19.6 Å². The van der Waals surface area contributed by atoms with Crippen molar-refractivity contribution in [2.45, 2.75) is 6.54 Å². The predicted molar refractivity (Wildman–Crippen MR) is 62.6 cm³/mol. The van der Waals surface area contributed by atoms with Crippen molar-refractivity contribution in [3.63, 3.8) is 0 Å². The Kier molecular flexibility index (Phi) is 3.44. The molecule has 17 heavy (non-hydrogen) atoms. The molecule has 0 saturated carbocycles. The Balaban J connectivity index is 2.06. The molecule has 2 rings (SSSR count). The van der Waals surface area contributed by atoms with E-state index in [9.17, 15) is 0 Å². The van der Waals surface area contributed by atoms with Crippen molar-refractivity contribution in [2.24, 2.45) is 0 Å². The van der Waals surface area contributed by atoms with Crippen molar-refractivity contribution in [3.05, 3.63) is 36.4 Å². The maximum Gasteiger partial charge on any atom is 0.161 e. The molecule has 1 N–H and O–H groups in total. The monoisotopic (exact) mass is 234 g/mol. The van der Waals surface area contributed by atoms with Crippen molar-refractivity contribution < 1.29 is 9.47 Å². The SMILES string of the molecule is COc1ccc(CNn2cnnc2)cc1OC. The average molecular weight is 234 g/mol. The van der Waals surface area contributed by atoms with Gasteiger partial charge in [-0.15, -0.1) is 10.2 Å². The topological polar surface area (TPSA) is 61.2 Å². The molecule has 0 aliphatic rings. The number of methoxy groups -OCH3 is 2. The molecule has 0 aliphatic heterocycles. The average Bonchev–Trinajstić information content (AvgIpc) is 2.89. The number of nitrogens with zero attached hydrogens (tertiary/aromatic N) is 3. The van der Waals surface area contributed by atoms with Crippen LogP contribution in [0.1, 0.15) is 5.56 Å². The largest absolute Gasteiger partial charge is 0.493 e. The summed E-state index contributed by atoms with van der Waals surface area (Å²) in [5, 5.41) is 7.40. The van der Waals surface area contributed by atoms with Crippen LogP contribution >= 0.6 is 0 Å². The van der Waals surface area contributed by atoms with Crippen LogP contribution in [0.25, 0.3) is 0 Å². The van der Waals surface area contributed by atoms with E-state index in [1.807, 2.05) is 18.2 Å². The molecule has 0 amide bonds. The number of ether oxygens (including phenoxy) is 2. The smallest absolute Gasteiger partial charge is 0.161 e. The minimum Gasteiger partial charge on any atom is -0.493 e. The molecule has 1 heterocycles. The van der Waals surface area contributed by atoms with Gasteiger partial charge in [-0.3, -0.25) is 0 Å². The van der Waals surface area contributed by atoms with Crippen LogP contribution in [0.2, 0.25) is 0 Å². The second-order valence-corrected chi connectivity index (χ2v) is 3.39. The Labute approximate surface area is 99.2 Å². The lowest BCUT2D eigenvalue weighted by atomic mass is 10.2. The maximum absolute atomic E-state index is 5.23. The van der Waals surface area contributed by atoms with Gasteiger partial charge in [-0.1, -0.05) is 6.07 Å². The summed E-state index contributed by atoms with van der Waals surface area (Å²) in [6, 6.07) is 5.77. The molecule has 0 aliphatic carbocycles. The van der Waals surface area contributed by atoms with E-state index in [1.165, 1.54) is 0 Å². The molecule has 90 valence electrons. The zero-order valence-corrected chi connectivity index (χ0v) is 9.75. The highest BCUT2D eigenvalue weighted by atomic mass is 16.5. The number of benzene rings is 1. The van der Waals surface area contributed by atoms with Gasteiger partial charge in [0.1, 0.15) is 12.7 Å². The van der Waals surface area contributed by atoms with Crippen molar-refractivity contribution in [1.29, 1.82) is 0 Å². The molecule has 0 spiro atoms. The molecule has 6 heteroatoms. The molecule has 0 unspecified atom stereocenters. The van der Waals surface area contributed by atoms with Crippen LogP contribution in [-0.2, 0) is 6.54 Å². The summed E-state index contributed by atoms with van der Waals surface area (Å²) in [7, 11) is 3.24. The standard InChI is InChI=1S/C11H14N4O2/c1-16-10-4-3-9(5-11(10)17-2)6-14-15-7-12-13-8-15/h3-5,7-8,14H,6H2,1-2H3. The molecular formula is C11H14N4O2. The molecule has 1 aromatic carbocycles. The molecule has 1 aromatic heterocycles. The first kappa shape index (κ1) is 11.3. The number of nitrogens with one attached hydrogen (secondary N) is 1. The molecule has 0 atom stereocenters. The third-order valence-electron chi connectivity index (χ3n) is 2.33. The molecule has 6 nitrogen and oxygen atoms in total. The van der Waals surface area contributed by atoms with Gasteiger partial charge in [0.15, 0.2) is 11.5 Å². The normalized spacial score (nSPS) is 10.0. The Hall–Kier alpha value is -2.24. The Morgan fingerprint density at radius 1 is 1.12 bits per heavy atom. The van der Waals surface area contributed by atoms with Crippen LogP contribution in [-0.4, -0.2) is 29.1 Å². The van der Waals surface area contributed by atoms with E-state index in [0.29, 0.717) is 6.54 Å². The highest BCUT2D eigenvalue weighted by molar-refractivity contribution is 5.43. The van der Waals surface area contributed by atoms with E-state index in [0.717, 1.165) is 17.1 Å². The summed E-state index contributed by atoms with van der Waals surface area (Å²) >= 11 is 0. The quantitative estimate of drug-likeness (QED) is 0.837. The van der Waals surface area contributed by atoms with Gasteiger partial charge >= 0.3 is 0 Å². The Bertz CT molecular complexity index is 470. The lowest BCUT2D eigenvalue weighted by Gasteiger charge is -2.10. The van der Waals surface area contributed by atoms with Crippen molar-refractivity contribution in [1.82, 2.24) is 14.9 Å². The highest BCUT2D eigenvalue weighted by Crippen LogP contribution is 2.27. The minimum atomic E-state index is 0.651. The van der Waals surface area contributed by atoms with E-state index >= 15 is 0 Å². The minimum absolute atomic E-state index is 0.651. The van der Waals surface area contributed by atoms with E-state index in [4.69, 9.17) is 9.47 Å². The fraction of sp³-hybridized carbons (Fsp3) is 0.273. The number of hydrogen-bond acceptors (Lipinski definition) is 5. The van der Waals surface area contributed by atoms with Gasteiger partial charge in [-0.25, -0.2) is 4.68 Å². The van der Waals surface area contributed by atoms with Gasteiger partial charge in [0.25, 0.3) is 0 Å². The van der Waals surface area contributed by atoms with E-state index in [1.54, 1.807) is 31.6 Å². The van der Waals surface area contributed by atoms with Gasteiger partial charge in [-0.2, -0.15) is 0 Å². The first-order valence-corrected chi connectivity index (χ1v) is 5.13. The van der Waals surface area contributed by atoms with E-state index < -0.39 is 0 Å². The van der Waals surface area contributed by atoms with Crippen LogP contribution in [0.5, 0.6) is 11.5 Å². The van der Waals surface area contributed by atoms with Gasteiger partial charge in [0, 0.05) is 0 Å². The predicted octanol–water partition coefficient (Wildman–Crippen LogP) is 1.04. The molecule has 0 saturated heterocycles. The molecular weight excluding hydrogens is 220 g/mol. The van der Waals surface area contributed by atoms with Gasteiger partial charge in [0.05, 0.1) is 20.8 Å². The zero-order valence-electron chi connectivity index (χ0n) is 9.75. The summed E-state index contributed by atoms with van der Waals surface area (Å²) in [5.74, 6) is 1.44. The molecule has 0 fully saturated rings. The number of aromatic nitrogens is 3. The van der Waals surface area contributed by atoms with E-state index in [2.05, 4.69) is 15.6 Å². The second-order valence-electron chi connectivity index (χ2n) is 3.39. The summed E-state index contributed by atoms with van der Waals surface area (Å²) < 4.78 is 12.1. The second kappa shape index (κ2) is 5.20. The highest BCUT2D eigenvalue weighted by Gasteiger charge is 2.04. The molecule has 0 radical (unpaired) electrons. The summed E-state index contributed by atoms with van der Waals surface area (Å²) in [5.41, 5.74) is 4.20. The first-order valence-electron chi connectivity index (χ1n) is 5.13. The first-order chi connectivity index (χ1) is 8.33. The zero-order chi connectivity index (χ0) is 12.1. The van der Waals surface area contributed by atoms with Crippen LogP contribution in [0.3, 0.4) is 0 Å². The fourth-order valence-electron chi connectivity index (χ4n) is 1.46. The Morgan fingerprint density at radius 3 is 2.47 bits per heavy atom. The van der Waals surface area contributed by atoms with Crippen LogP contribution in [0.4, 0.5) is 0 Å². The molecule has 2 aromatic rings. The lowest BCUT2D eigenvalue weighted by molar-refractivity contribution is 0.354. The summed E-state index contributed by atoms with van der Waals surface area (Å²) in [6.45, 7) is 0.651. The summed E-state index contributed by atoms with van der Waals surface area (Å²) in [6.07, 6.45) is 3.20. The number of rotatable bonds is 5. The van der Waals surface area contributed by atoms with Crippen LogP contribution in [0, 0.1) is 0 Å². The van der Waals surface area contributed by atoms with Crippen molar-refractivity contribution >= 4 is 0 Å². The molecule has 0 bridgehead atoms. The Morgan fingerprint density at radius 2 is 1.82 bits per heavy atom. The summed E-state index contributed by atoms with van der Waals surface area (Å²) in [4.78, 5) is 0. The van der Waals surface area contributed by atoms with Gasteiger partial charge in [0.2, 0.25) is 0 Å². The van der Waals surface area contributed by atoms with E-state index in [-0.39, 0.29) is 0 Å². The lowest BCUT2D eigenvalue weighted by Crippen LogP contribution is -2.12. The third-order valence-corrected chi connectivity index (χ3v) is 2.33. The van der Waals surface area contributed by atoms with Crippen LogP contribution in [0.15, 0.2) is 30.9 Å². The number of hydrogen-bond donors (Lipinski definition) is 1. The van der Waals surface area contributed by atoms with Crippen molar-refractivity contribution in [3.8, 4) is 11.5 Å². The maximum atomic E-state index is 5.23.